The second kappa shape index (κ2) is 8.20. The van der Waals surface area contributed by atoms with Gasteiger partial charge in [-0.25, -0.2) is 4.98 Å². The smallest absolute Gasteiger partial charge is 0.262 e. The maximum atomic E-state index is 12.5. The largest absolute Gasteiger partial charge is 0.483 e. The number of aryl methyl sites for hydroxylation is 1. The lowest BCUT2D eigenvalue weighted by Gasteiger charge is -2.13. The summed E-state index contributed by atoms with van der Waals surface area (Å²) in [5, 5.41) is 3.51. The summed E-state index contributed by atoms with van der Waals surface area (Å²) in [5.74, 6) is 0.953. The SMILES string of the molecule is Cc1cccc(OCC(=O)Nc2cccc(-c3nc4cc(Cl)ccc4o3)c2C)c1C. The topological polar surface area (TPSA) is 64.4 Å². The van der Waals surface area contributed by atoms with Gasteiger partial charge in [0.2, 0.25) is 5.89 Å². The molecule has 1 aromatic heterocycles. The van der Waals surface area contributed by atoms with E-state index in [1.54, 1.807) is 18.2 Å². The lowest BCUT2D eigenvalue weighted by molar-refractivity contribution is -0.118. The minimum absolute atomic E-state index is 0.0741. The minimum atomic E-state index is -0.236. The van der Waals surface area contributed by atoms with Crippen LogP contribution in [-0.2, 0) is 4.79 Å². The Balaban J connectivity index is 1.52. The number of ether oxygens (including phenoxy) is 1. The van der Waals surface area contributed by atoms with E-state index in [9.17, 15) is 4.79 Å². The van der Waals surface area contributed by atoms with Crippen LogP contribution in [0.5, 0.6) is 5.75 Å². The molecule has 0 aliphatic rings. The Bertz CT molecular complexity index is 1250. The summed E-state index contributed by atoms with van der Waals surface area (Å²) < 4.78 is 11.6. The first-order valence-corrected chi connectivity index (χ1v) is 9.95. The molecule has 5 nitrogen and oxygen atoms in total. The number of amides is 1. The van der Waals surface area contributed by atoms with Crippen molar-refractivity contribution < 1.29 is 13.9 Å². The summed E-state index contributed by atoms with van der Waals surface area (Å²) in [6.07, 6.45) is 0. The van der Waals surface area contributed by atoms with Crippen molar-refractivity contribution in [2.45, 2.75) is 20.8 Å². The van der Waals surface area contributed by atoms with E-state index in [0.29, 0.717) is 33.4 Å². The molecule has 4 aromatic rings. The summed E-state index contributed by atoms with van der Waals surface area (Å²) in [5.41, 5.74) is 5.84. The van der Waals surface area contributed by atoms with E-state index in [4.69, 9.17) is 20.8 Å². The van der Waals surface area contributed by atoms with Crippen molar-refractivity contribution in [2.75, 3.05) is 11.9 Å². The van der Waals surface area contributed by atoms with Gasteiger partial charge < -0.3 is 14.5 Å². The van der Waals surface area contributed by atoms with Gasteiger partial charge in [-0.3, -0.25) is 4.79 Å². The number of nitrogens with zero attached hydrogens (tertiary/aromatic N) is 1. The fourth-order valence-corrected chi connectivity index (χ4v) is 3.40. The minimum Gasteiger partial charge on any atom is -0.483 e. The van der Waals surface area contributed by atoms with Gasteiger partial charge in [0.25, 0.3) is 5.91 Å². The Labute approximate surface area is 179 Å². The maximum absolute atomic E-state index is 12.5. The number of fused-ring (bicyclic) bond motifs is 1. The number of oxazole rings is 1. The van der Waals surface area contributed by atoms with Gasteiger partial charge in [-0.2, -0.15) is 0 Å². The summed E-state index contributed by atoms with van der Waals surface area (Å²) in [6.45, 7) is 5.83. The monoisotopic (exact) mass is 420 g/mol. The van der Waals surface area contributed by atoms with Crippen LogP contribution in [0.3, 0.4) is 0 Å². The summed E-state index contributed by atoms with van der Waals surface area (Å²) >= 11 is 6.04. The third-order valence-corrected chi connectivity index (χ3v) is 5.34. The van der Waals surface area contributed by atoms with Gasteiger partial charge >= 0.3 is 0 Å². The van der Waals surface area contributed by atoms with Crippen LogP contribution >= 0.6 is 11.6 Å². The highest BCUT2D eigenvalue weighted by Crippen LogP contribution is 2.31. The van der Waals surface area contributed by atoms with Crippen LogP contribution in [0.15, 0.2) is 59.0 Å². The molecule has 0 aliphatic heterocycles. The average molecular weight is 421 g/mol. The zero-order valence-corrected chi connectivity index (χ0v) is 17.7. The third kappa shape index (κ3) is 4.02. The zero-order chi connectivity index (χ0) is 21.3. The number of benzene rings is 3. The molecule has 0 atom stereocenters. The van der Waals surface area contributed by atoms with E-state index in [0.717, 1.165) is 22.3 Å². The van der Waals surface area contributed by atoms with Gasteiger partial charge in [0.15, 0.2) is 12.2 Å². The third-order valence-electron chi connectivity index (χ3n) is 5.10. The summed E-state index contributed by atoms with van der Waals surface area (Å²) in [4.78, 5) is 17.0. The lowest BCUT2D eigenvalue weighted by Crippen LogP contribution is -2.21. The molecule has 0 bridgehead atoms. The Morgan fingerprint density at radius 3 is 2.70 bits per heavy atom. The highest BCUT2D eigenvalue weighted by molar-refractivity contribution is 6.31. The summed E-state index contributed by atoms with van der Waals surface area (Å²) in [6, 6.07) is 16.7. The normalized spacial score (nSPS) is 10.9. The predicted molar refractivity (Wildman–Crippen MR) is 119 cm³/mol. The molecular weight excluding hydrogens is 400 g/mol. The first-order chi connectivity index (χ1) is 14.4. The molecule has 1 N–H and O–H groups in total. The number of hydrogen-bond acceptors (Lipinski definition) is 4. The molecule has 0 saturated heterocycles. The molecule has 30 heavy (non-hydrogen) atoms. The molecule has 152 valence electrons. The summed E-state index contributed by atoms with van der Waals surface area (Å²) in [7, 11) is 0. The number of nitrogens with one attached hydrogen (secondary N) is 1. The van der Waals surface area contributed by atoms with E-state index in [1.807, 2.05) is 57.2 Å². The molecule has 1 heterocycles. The van der Waals surface area contributed by atoms with E-state index >= 15 is 0 Å². The quantitative estimate of drug-likeness (QED) is 0.424. The van der Waals surface area contributed by atoms with Crippen LogP contribution in [-0.4, -0.2) is 17.5 Å². The average Bonchev–Trinajstić information content (AvgIpc) is 3.13. The number of halogens is 1. The van der Waals surface area contributed by atoms with Crippen molar-refractivity contribution in [2.24, 2.45) is 0 Å². The number of anilines is 1. The lowest BCUT2D eigenvalue weighted by atomic mass is 10.1. The van der Waals surface area contributed by atoms with Gasteiger partial charge in [0.1, 0.15) is 11.3 Å². The molecular formula is C24H21ClN2O3. The van der Waals surface area contributed by atoms with Gasteiger partial charge in [0, 0.05) is 16.3 Å². The van der Waals surface area contributed by atoms with Crippen molar-refractivity contribution >= 4 is 34.3 Å². The molecule has 6 heteroatoms. The predicted octanol–water partition coefficient (Wildman–Crippen LogP) is 6.09. The van der Waals surface area contributed by atoms with Crippen LogP contribution in [0, 0.1) is 20.8 Å². The van der Waals surface area contributed by atoms with Crippen molar-refractivity contribution in [3.05, 3.63) is 76.3 Å². The van der Waals surface area contributed by atoms with Crippen LogP contribution in [0.2, 0.25) is 5.02 Å². The number of carbonyl (C=O) groups is 1. The Morgan fingerprint density at radius 1 is 1.07 bits per heavy atom. The Morgan fingerprint density at radius 2 is 1.87 bits per heavy atom. The molecule has 0 unspecified atom stereocenters. The van der Waals surface area contributed by atoms with Gasteiger partial charge in [-0.1, -0.05) is 29.8 Å². The van der Waals surface area contributed by atoms with Crippen LogP contribution in [0.1, 0.15) is 16.7 Å². The fraction of sp³-hybridized carbons (Fsp3) is 0.167. The Hall–Kier alpha value is -3.31. The first-order valence-electron chi connectivity index (χ1n) is 9.57. The van der Waals surface area contributed by atoms with Crippen LogP contribution in [0.25, 0.3) is 22.6 Å². The van der Waals surface area contributed by atoms with Gasteiger partial charge in [-0.15, -0.1) is 0 Å². The highest BCUT2D eigenvalue weighted by Gasteiger charge is 2.15. The van der Waals surface area contributed by atoms with Crippen molar-refractivity contribution in [3.8, 4) is 17.2 Å². The van der Waals surface area contributed by atoms with E-state index < -0.39 is 0 Å². The second-order valence-electron chi connectivity index (χ2n) is 7.14. The highest BCUT2D eigenvalue weighted by atomic mass is 35.5. The van der Waals surface area contributed by atoms with E-state index in [-0.39, 0.29) is 12.5 Å². The number of aromatic nitrogens is 1. The molecule has 0 saturated carbocycles. The van der Waals surface area contributed by atoms with Gasteiger partial charge in [0.05, 0.1) is 0 Å². The molecule has 4 rings (SSSR count). The van der Waals surface area contributed by atoms with E-state index in [2.05, 4.69) is 10.3 Å². The maximum Gasteiger partial charge on any atom is 0.262 e. The molecule has 0 fully saturated rings. The first kappa shape index (κ1) is 20.0. The Kier molecular flexibility index (Phi) is 5.46. The van der Waals surface area contributed by atoms with Crippen molar-refractivity contribution in [3.63, 3.8) is 0 Å². The van der Waals surface area contributed by atoms with Crippen molar-refractivity contribution in [1.82, 2.24) is 4.98 Å². The zero-order valence-electron chi connectivity index (χ0n) is 17.0. The number of carbonyl (C=O) groups excluding carboxylic acids is 1. The molecule has 3 aromatic carbocycles. The molecule has 0 aliphatic carbocycles. The van der Waals surface area contributed by atoms with Crippen molar-refractivity contribution in [1.29, 1.82) is 0 Å². The number of hydrogen-bond donors (Lipinski definition) is 1. The van der Waals surface area contributed by atoms with E-state index in [1.165, 1.54) is 0 Å². The van der Waals surface area contributed by atoms with Gasteiger partial charge in [-0.05, 0) is 73.9 Å². The molecule has 0 spiro atoms. The second-order valence-corrected chi connectivity index (χ2v) is 7.58. The fourth-order valence-electron chi connectivity index (χ4n) is 3.23. The number of rotatable bonds is 5. The molecule has 0 radical (unpaired) electrons. The standard InChI is InChI=1S/C24H21ClN2O3/c1-14-6-4-9-21(15(14)2)29-13-23(28)26-19-8-5-7-18(16(19)3)24-27-20-12-17(25)10-11-22(20)30-24/h4-12H,13H2,1-3H3,(H,26,28). The van der Waals surface area contributed by atoms with Crippen LogP contribution < -0.4 is 10.1 Å². The molecule has 1 amide bonds. The van der Waals surface area contributed by atoms with Crippen LogP contribution in [0.4, 0.5) is 5.69 Å².